The second-order valence-electron chi connectivity index (χ2n) is 4.87. The number of aryl methyl sites for hydroxylation is 1. The molecule has 1 fully saturated rings. The van der Waals surface area contributed by atoms with Gasteiger partial charge in [-0.3, -0.25) is 9.48 Å². The Morgan fingerprint density at radius 2 is 2.22 bits per heavy atom. The van der Waals surface area contributed by atoms with Crippen molar-refractivity contribution >= 4 is 11.9 Å². The van der Waals surface area contributed by atoms with Crippen molar-refractivity contribution < 1.29 is 14.7 Å². The van der Waals surface area contributed by atoms with Crippen LogP contribution < -0.4 is 0 Å². The zero-order valence-electron chi connectivity index (χ0n) is 10.6. The summed E-state index contributed by atoms with van der Waals surface area (Å²) in [4.78, 5) is 25.0. The molecule has 6 nitrogen and oxygen atoms in total. The molecule has 0 aromatic carbocycles. The van der Waals surface area contributed by atoms with Gasteiger partial charge in [0.1, 0.15) is 5.56 Å². The van der Waals surface area contributed by atoms with Gasteiger partial charge in [0.05, 0.1) is 0 Å². The maximum Gasteiger partial charge on any atom is 0.339 e. The number of carboxylic acids is 1. The van der Waals surface area contributed by atoms with Gasteiger partial charge in [-0.1, -0.05) is 6.92 Å². The van der Waals surface area contributed by atoms with E-state index in [1.807, 2.05) is 0 Å². The first kappa shape index (κ1) is 12.6. The second kappa shape index (κ2) is 4.80. The summed E-state index contributed by atoms with van der Waals surface area (Å²) in [6.45, 7) is 3.45. The van der Waals surface area contributed by atoms with E-state index >= 15 is 0 Å². The van der Waals surface area contributed by atoms with E-state index < -0.39 is 5.97 Å². The number of likely N-dealkylation sites (tertiary alicyclic amines) is 1. The van der Waals surface area contributed by atoms with E-state index in [9.17, 15) is 9.59 Å². The molecule has 0 spiro atoms. The van der Waals surface area contributed by atoms with Gasteiger partial charge in [-0.25, -0.2) is 4.79 Å². The summed E-state index contributed by atoms with van der Waals surface area (Å²) in [6.07, 6.45) is 3.43. The minimum absolute atomic E-state index is 0.0271. The zero-order chi connectivity index (χ0) is 13.3. The van der Waals surface area contributed by atoms with Crippen LogP contribution in [0.5, 0.6) is 0 Å². The number of carbonyl (C=O) groups excluding carboxylic acids is 1. The van der Waals surface area contributed by atoms with Gasteiger partial charge in [-0.15, -0.1) is 0 Å². The molecular formula is C12H17N3O3. The Morgan fingerprint density at radius 1 is 1.50 bits per heavy atom. The summed E-state index contributed by atoms with van der Waals surface area (Å²) >= 11 is 0. The number of nitrogens with zero attached hydrogens (tertiary/aromatic N) is 3. The Hall–Kier alpha value is -1.85. The third-order valence-electron chi connectivity index (χ3n) is 3.21. The first-order valence-electron chi connectivity index (χ1n) is 6.05. The smallest absolute Gasteiger partial charge is 0.339 e. The van der Waals surface area contributed by atoms with E-state index in [4.69, 9.17) is 5.11 Å². The van der Waals surface area contributed by atoms with Gasteiger partial charge < -0.3 is 10.0 Å². The Bertz CT molecular complexity index is 481. The molecule has 1 N–H and O–H groups in total. The van der Waals surface area contributed by atoms with Crippen molar-refractivity contribution in [2.75, 3.05) is 13.1 Å². The van der Waals surface area contributed by atoms with E-state index in [1.165, 1.54) is 10.9 Å². The number of rotatable bonds is 2. The van der Waals surface area contributed by atoms with Gasteiger partial charge in [0, 0.05) is 26.3 Å². The van der Waals surface area contributed by atoms with Crippen molar-refractivity contribution in [2.24, 2.45) is 13.0 Å². The van der Waals surface area contributed by atoms with E-state index in [-0.39, 0.29) is 17.2 Å². The Morgan fingerprint density at radius 3 is 2.83 bits per heavy atom. The fraction of sp³-hybridized carbons (Fsp3) is 0.583. The summed E-state index contributed by atoms with van der Waals surface area (Å²) in [7, 11) is 1.61. The number of aromatic carboxylic acids is 1. The molecule has 1 amide bonds. The summed E-state index contributed by atoms with van der Waals surface area (Å²) in [5.74, 6) is -0.934. The van der Waals surface area contributed by atoms with Gasteiger partial charge in [0.15, 0.2) is 5.69 Å². The molecule has 0 unspecified atom stereocenters. The molecule has 2 rings (SSSR count). The lowest BCUT2D eigenvalue weighted by Crippen LogP contribution is -2.39. The standard InChI is InChI=1S/C12H17N3O3/c1-8-4-3-5-15(6-8)11(16)10-9(12(17)18)7-14(2)13-10/h7-8H,3-6H2,1-2H3,(H,17,18)/t8-/m0/s1. The monoisotopic (exact) mass is 251 g/mol. The lowest BCUT2D eigenvalue weighted by atomic mass is 10.00. The summed E-state index contributed by atoms with van der Waals surface area (Å²) in [6, 6.07) is 0. The fourth-order valence-electron chi connectivity index (χ4n) is 2.33. The van der Waals surface area contributed by atoms with Crippen molar-refractivity contribution in [1.29, 1.82) is 0 Å². The van der Waals surface area contributed by atoms with E-state index in [2.05, 4.69) is 12.0 Å². The SMILES string of the molecule is C[C@H]1CCCN(C(=O)c2nn(C)cc2C(=O)O)C1. The van der Waals surface area contributed by atoms with Crippen molar-refractivity contribution in [3.8, 4) is 0 Å². The van der Waals surface area contributed by atoms with Crippen LogP contribution in [0, 0.1) is 5.92 Å². The highest BCUT2D eigenvalue weighted by Crippen LogP contribution is 2.18. The first-order valence-corrected chi connectivity index (χ1v) is 6.05. The number of amides is 1. The average Bonchev–Trinajstić information content (AvgIpc) is 2.70. The average molecular weight is 251 g/mol. The molecule has 1 atom stereocenters. The van der Waals surface area contributed by atoms with Crippen LogP contribution in [-0.4, -0.2) is 44.8 Å². The van der Waals surface area contributed by atoms with E-state index in [0.717, 1.165) is 12.8 Å². The van der Waals surface area contributed by atoms with Crippen LogP contribution >= 0.6 is 0 Å². The molecule has 6 heteroatoms. The second-order valence-corrected chi connectivity index (χ2v) is 4.87. The quantitative estimate of drug-likeness (QED) is 0.850. The number of carbonyl (C=O) groups is 2. The van der Waals surface area contributed by atoms with Crippen LogP contribution in [-0.2, 0) is 7.05 Å². The molecule has 0 saturated carbocycles. The molecular weight excluding hydrogens is 234 g/mol. The van der Waals surface area contributed by atoms with Crippen molar-refractivity contribution in [3.63, 3.8) is 0 Å². The molecule has 0 aliphatic carbocycles. The van der Waals surface area contributed by atoms with Crippen molar-refractivity contribution in [3.05, 3.63) is 17.5 Å². The number of carboxylic acid groups (broad SMARTS) is 1. The molecule has 1 aliphatic heterocycles. The molecule has 0 radical (unpaired) electrons. The van der Waals surface area contributed by atoms with Crippen LogP contribution in [0.15, 0.2) is 6.20 Å². The number of hydrogen-bond donors (Lipinski definition) is 1. The van der Waals surface area contributed by atoms with Crippen molar-refractivity contribution in [1.82, 2.24) is 14.7 Å². The lowest BCUT2D eigenvalue weighted by Gasteiger charge is -2.30. The molecule has 1 aromatic rings. The minimum Gasteiger partial charge on any atom is -0.478 e. The van der Waals surface area contributed by atoms with Crippen LogP contribution in [0.25, 0.3) is 0 Å². The molecule has 1 aromatic heterocycles. The van der Waals surface area contributed by atoms with Crippen molar-refractivity contribution in [2.45, 2.75) is 19.8 Å². The largest absolute Gasteiger partial charge is 0.478 e. The molecule has 1 aliphatic rings. The van der Waals surface area contributed by atoms with Gasteiger partial charge in [-0.05, 0) is 18.8 Å². The molecule has 98 valence electrons. The highest BCUT2D eigenvalue weighted by Gasteiger charge is 2.28. The van der Waals surface area contributed by atoms with E-state index in [1.54, 1.807) is 11.9 Å². The Labute approximate surface area is 105 Å². The van der Waals surface area contributed by atoms with Crippen LogP contribution in [0.2, 0.25) is 0 Å². The summed E-state index contributed by atoms with van der Waals surface area (Å²) < 4.78 is 1.37. The van der Waals surface area contributed by atoms with Gasteiger partial charge >= 0.3 is 5.97 Å². The Balaban J connectivity index is 2.25. The maximum atomic E-state index is 12.3. The molecule has 1 saturated heterocycles. The van der Waals surface area contributed by atoms with Gasteiger partial charge in [0.2, 0.25) is 0 Å². The van der Waals surface area contributed by atoms with Crippen LogP contribution in [0.3, 0.4) is 0 Å². The molecule has 2 heterocycles. The van der Waals surface area contributed by atoms with Gasteiger partial charge in [0.25, 0.3) is 5.91 Å². The fourth-order valence-corrected chi connectivity index (χ4v) is 2.33. The zero-order valence-corrected chi connectivity index (χ0v) is 10.6. The summed E-state index contributed by atoms with van der Waals surface area (Å²) in [5, 5.41) is 13.0. The van der Waals surface area contributed by atoms with Crippen LogP contribution in [0.1, 0.15) is 40.6 Å². The minimum atomic E-state index is -1.11. The van der Waals surface area contributed by atoms with Crippen LogP contribution in [0.4, 0.5) is 0 Å². The predicted molar refractivity (Wildman–Crippen MR) is 64.5 cm³/mol. The molecule has 0 bridgehead atoms. The number of piperidine rings is 1. The maximum absolute atomic E-state index is 12.3. The third kappa shape index (κ3) is 2.37. The highest BCUT2D eigenvalue weighted by atomic mass is 16.4. The summed E-state index contributed by atoms with van der Waals surface area (Å²) in [5.41, 5.74) is 0.0137. The lowest BCUT2D eigenvalue weighted by molar-refractivity contribution is 0.0644. The highest BCUT2D eigenvalue weighted by molar-refractivity contribution is 6.03. The topological polar surface area (TPSA) is 75.4 Å². The van der Waals surface area contributed by atoms with E-state index in [0.29, 0.717) is 19.0 Å². The third-order valence-corrected chi connectivity index (χ3v) is 3.21. The normalized spacial score (nSPS) is 19.9. The first-order chi connectivity index (χ1) is 8.49. The molecule has 18 heavy (non-hydrogen) atoms. The number of hydrogen-bond acceptors (Lipinski definition) is 3. The Kier molecular flexibility index (Phi) is 3.36. The number of aromatic nitrogens is 2. The predicted octanol–water partition coefficient (Wildman–Crippen LogP) is 0.990. The van der Waals surface area contributed by atoms with Gasteiger partial charge in [-0.2, -0.15) is 5.10 Å².